The number of aryl methyl sites for hydroxylation is 1. The Morgan fingerprint density at radius 3 is 2.36 bits per heavy atom. The number of carbonyl (C=O) groups excluding carboxylic acids is 1. The van der Waals surface area contributed by atoms with Crippen LogP contribution in [0.3, 0.4) is 0 Å². The van der Waals surface area contributed by atoms with Gasteiger partial charge >= 0.3 is 0 Å². The molecular formula is C25H28N2O5S. The second kappa shape index (κ2) is 10.4. The lowest BCUT2D eigenvalue weighted by atomic mass is 10.1. The molecule has 0 spiro atoms. The Balaban J connectivity index is 1.88. The van der Waals surface area contributed by atoms with Crippen molar-refractivity contribution in [1.82, 2.24) is 4.90 Å². The second-order valence-corrected chi connectivity index (χ2v) is 9.19. The van der Waals surface area contributed by atoms with Crippen molar-refractivity contribution in [1.29, 1.82) is 0 Å². The zero-order valence-electron chi connectivity index (χ0n) is 19.2. The number of nitrogens with zero attached hydrogens (tertiary/aromatic N) is 1. The fraction of sp³-hybridized carbons (Fsp3) is 0.240. The first-order valence-electron chi connectivity index (χ1n) is 10.5. The summed E-state index contributed by atoms with van der Waals surface area (Å²) in [6, 6.07) is 18.8. The fourth-order valence-electron chi connectivity index (χ4n) is 3.33. The van der Waals surface area contributed by atoms with Gasteiger partial charge in [0.05, 0.1) is 13.7 Å². The molecule has 1 N–H and O–H groups in total. The molecule has 0 atom stereocenters. The summed E-state index contributed by atoms with van der Waals surface area (Å²) in [5.41, 5.74) is 2.52. The molecule has 0 fully saturated rings. The van der Waals surface area contributed by atoms with Crippen LogP contribution in [-0.4, -0.2) is 40.0 Å². The molecule has 3 aromatic carbocycles. The van der Waals surface area contributed by atoms with E-state index < -0.39 is 10.0 Å². The van der Waals surface area contributed by atoms with Crippen LogP contribution in [-0.2, 0) is 16.6 Å². The van der Waals surface area contributed by atoms with Gasteiger partial charge in [-0.3, -0.25) is 9.52 Å². The summed E-state index contributed by atoms with van der Waals surface area (Å²) in [6.07, 6.45) is 0. The Kier molecular flexibility index (Phi) is 7.60. The van der Waals surface area contributed by atoms with Crippen molar-refractivity contribution in [3.63, 3.8) is 0 Å². The molecule has 7 nitrogen and oxygen atoms in total. The van der Waals surface area contributed by atoms with Gasteiger partial charge in [0.2, 0.25) is 0 Å². The van der Waals surface area contributed by atoms with E-state index in [1.54, 1.807) is 25.2 Å². The first kappa shape index (κ1) is 24.1. The highest BCUT2D eigenvalue weighted by Crippen LogP contribution is 2.28. The summed E-state index contributed by atoms with van der Waals surface area (Å²) in [7, 11) is -0.941. The highest BCUT2D eigenvalue weighted by atomic mass is 32.2. The monoisotopic (exact) mass is 468 g/mol. The highest BCUT2D eigenvalue weighted by molar-refractivity contribution is 7.92. The first-order valence-corrected chi connectivity index (χ1v) is 12.0. The van der Waals surface area contributed by atoms with E-state index in [0.29, 0.717) is 24.6 Å². The summed E-state index contributed by atoms with van der Waals surface area (Å²) < 4.78 is 39.6. The summed E-state index contributed by atoms with van der Waals surface area (Å²) in [5.74, 6) is 0.534. The van der Waals surface area contributed by atoms with Crippen molar-refractivity contribution in [2.45, 2.75) is 25.3 Å². The van der Waals surface area contributed by atoms with Gasteiger partial charge in [-0.2, -0.15) is 0 Å². The smallest absolute Gasteiger partial charge is 0.265 e. The van der Waals surface area contributed by atoms with Gasteiger partial charge in [-0.05, 0) is 50.2 Å². The van der Waals surface area contributed by atoms with Gasteiger partial charge in [-0.15, -0.1) is 0 Å². The number of methoxy groups -OCH3 is 1. The number of sulfonamides is 1. The maximum absolute atomic E-state index is 13.1. The number of rotatable bonds is 9. The molecule has 174 valence electrons. The number of benzene rings is 3. The highest BCUT2D eigenvalue weighted by Gasteiger charge is 2.23. The minimum atomic E-state index is -3.99. The van der Waals surface area contributed by atoms with Gasteiger partial charge in [0.1, 0.15) is 16.4 Å². The van der Waals surface area contributed by atoms with Crippen LogP contribution in [0.2, 0.25) is 0 Å². The van der Waals surface area contributed by atoms with Gasteiger partial charge in [-0.25, -0.2) is 8.42 Å². The molecule has 3 aromatic rings. The molecule has 0 aliphatic heterocycles. The normalized spacial score (nSPS) is 11.0. The number of amides is 1. The first-order chi connectivity index (χ1) is 15.7. The SMILES string of the molecule is CCOc1ccccc1CN(C)C(=O)c1ccc(OC)c(S(=O)(=O)Nc2ccc(C)cc2)c1. The van der Waals surface area contributed by atoms with E-state index in [0.717, 1.165) is 11.1 Å². The zero-order valence-corrected chi connectivity index (χ0v) is 20.0. The molecule has 1 amide bonds. The lowest BCUT2D eigenvalue weighted by molar-refractivity contribution is 0.0783. The van der Waals surface area contributed by atoms with Crippen LogP contribution in [0.25, 0.3) is 0 Å². The molecule has 33 heavy (non-hydrogen) atoms. The van der Waals surface area contributed by atoms with Crippen molar-refractivity contribution in [2.75, 3.05) is 25.5 Å². The summed E-state index contributed by atoms with van der Waals surface area (Å²) in [6.45, 7) is 4.64. The molecule has 0 heterocycles. The third-order valence-electron chi connectivity index (χ3n) is 5.03. The predicted octanol–water partition coefficient (Wildman–Crippen LogP) is 4.48. The number of hydrogen-bond acceptors (Lipinski definition) is 5. The molecule has 3 rings (SSSR count). The number of nitrogens with one attached hydrogen (secondary N) is 1. The average molecular weight is 469 g/mol. The van der Waals surface area contributed by atoms with Crippen LogP contribution < -0.4 is 14.2 Å². The molecule has 0 saturated heterocycles. The molecule has 0 saturated carbocycles. The van der Waals surface area contributed by atoms with E-state index in [9.17, 15) is 13.2 Å². The van der Waals surface area contributed by atoms with Gasteiger partial charge < -0.3 is 14.4 Å². The van der Waals surface area contributed by atoms with Crippen molar-refractivity contribution in [2.24, 2.45) is 0 Å². The Bertz CT molecular complexity index is 1220. The molecule has 0 aliphatic carbocycles. The number of ether oxygens (including phenoxy) is 2. The fourth-order valence-corrected chi connectivity index (χ4v) is 4.58. The number of anilines is 1. The van der Waals surface area contributed by atoms with Crippen LogP contribution in [0, 0.1) is 6.92 Å². The predicted molar refractivity (Wildman–Crippen MR) is 128 cm³/mol. The zero-order chi connectivity index (χ0) is 24.0. The van der Waals surface area contributed by atoms with Crippen LogP contribution in [0.4, 0.5) is 5.69 Å². The van der Waals surface area contributed by atoms with E-state index in [1.165, 1.54) is 24.1 Å². The van der Waals surface area contributed by atoms with E-state index >= 15 is 0 Å². The lowest BCUT2D eigenvalue weighted by Gasteiger charge is -2.20. The lowest BCUT2D eigenvalue weighted by Crippen LogP contribution is -2.27. The molecule has 0 unspecified atom stereocenters. The van der Waals surface area contributed by atoms with Gasteiger partial charge in [0, 0.05) is 30.4 Å². The average Bonchev–Trinajstić information content (AvgIpc) is 2.81. The second-order valence-electron chi connectivity index (χ2n) is 7.54. The Labute approximate surface area is 195 Å². The molecule has 0 aliphatic rings. The van der Waals surface area contributed by atoms with Crippen LogP contribution >= 0.6 is 0 Å². The third kappa shape index (κ3) is 5.84. The topological polar surface area (TPSA) is 84.9 Å². The van der Waals surface area contributed by atoms with Gasteiger partial charge in [0.15, 0.2) is 0 Å². The molecule has 8 heteroatoms. The third-order valence-corrected chi connectivity index (χ3v) is 6.43. The van der Waals surface area contributed by atoms with Gasteiger partial charge in [0.25, 0.3) is 15.9 Å². The maximum atomic E-state index is 13.1. The summed E-state index contributed by atoms with van der Waals surface area (Å²) in [5, 5.41) is 0. The molecular weight excluding hydrogens is 440 g/mol. The summed E-state index contributed by atoms with van der Waals surface area (Å²) in [4.78, 5) is 14.5. The van der Waals surface area contributed by atoms with E-state index in [1.807, 2.05) is 50.2 Å². The minimum absolute atomic E-state index is 0.112. The van der Waals surface area contributed by atoms with E-state index in [4.69, 9.17) is 9.47 Å². The number of para-hydroxylation sites is 1. The standard InChI is InChI=1S/C25H28N2O5S/c1-5-32-22-9-7-6-8-20(22)17-27(3)25(28)19-12-15-23(31-4)24(16-19)33(29,30)26-21-13-10-18(2)11-14-21/h6-16,26H,5,17H2,1-4H3. The van der Waals surface area contributed by atoms with Gasteiger partial charge in [-0.1, -0.05) is 35.9 Å². The van der Waals surface area contributed by atoms with E-state index in [-0.39, 0.29) is 22.1 Å². The maximum Gasteiger partial charge on any atom is 0.265 e. The van der Waals surface area contributed by atoms with E-state index in [2.05, 4.69) is 4.72 Å². The summed E-state index contributed by atoms with van der Waals surface area (Å²) >= 11 is 0. The molecule has 0 bridgehead atoms. The molecule has 0 radical (unpaired) electrons. The van der Waals surface area contributed by atoms with Crippen LogP contribution in [0.1, 0.15) is 28.4 Å². The van der Waals surface area contributed by atoms with Crippen molar-refractivity contribution in [3.05, 3.63) is 83.4 Å². The van der Waals surface area contributed by atoms with Crippen molar-refractivity contribution < 1.29 is 22.7 Å². The van der Waals surface area contributed by atoms with Crippen LogP contribution in [0.15, 0.2) is 71.6 Å². The largest absolute Gasteiger partial charge is 0.495 e. The number of carbonyl (C=O) groups is 1. The van der Waals surface area contributed by atoms with Crippen molar-refractivity contribution >= 4 is 21.6 Å². The Morgan fingerprint density at radius 2 is 1.70 bits per heavy atom. The van der Waals surface area contributed by atoms with Crippen molar-refractivity contribution in [3.8, 4) is 11.5 Å². The van der Waals surface area contributed by atoms with Crippen LogP contribution in [0.5, 0.6) is 11.5 Å². The number of hydrogen-bond donors (Lipinski definition) is 1. The minimum Gasteiger partial charge on any atom is -0.495 e. The molecule has 0 aromatic heterocycles. The quantitative estimate of drug-likeness (QED) is 0.501. The Morgan fingerprint density at radius 1 is 1.00 bits per heavy atom. The Hall–Kier alpha value is -3.52.